The van der Waals surface area contributed by atoms with E-state index in [9.17, 15) is 5.11 Å². The molecule has 4 nitrogen and oxygen atoms in total. The lowest BCUT2D eigenvalue weighted by Gasteiger charge is -1.92. The Morgan fingerprint density at radius 3 is 3.00 bits per heavy atom. The van der Waals surface area contributed by atoms with Crippen molar-refractivity contribution in [2.45, 2.75) is 0 Å². The highest BCUT2D eigenvalue weighted by Crippen LogP contribution is 2.33. The van der Waals surface area contributed by atoms with Crippen molar-refractivity contribution in [1.29, 1.82) is 5.41 Å². The summed E-state index contributed by atoms with van der Waals surface area (Å²) in [5.74, 6) is -0.224. The zero-order valence-corrected chi connectivity index (χ0v) is 7.43. The highest BCUT2D eigenvalue weighted by Gasteiger charge is 2.15. The van der Waals surface area contributed by atoms with Gasteiger partial charge in [0.05, 0.1) is 5.71 Å². The normalized spacial score (nSPS) is 16.5. The smallest absolute Gasteiger partial charge is 0.213 e. The van der Waals surface area contributed by atoms with E-state index in [2.05, 4.69) is 4.99 Å². The van der Waals surface area contributed by atoms with Crippen molar-refractivity contribution in [1.82, 2.24) is 0 Å². The Morgan fingerprint density at radius 2 is 2.31 bits per heavy atom. The van der Waals surface area contributed by atoms with Crippen molar-refractivity contribution in [3.8, 4) is 5.06 Å². The second-order valence-electron chi connectivity index (χ2n) is 2.58. The predicted octanol–water partition coefficient (Wildman–Crippen LogP) is 1.16. The maximum absolute atomic E-state index is 9.20. The van der Waals surface area contributed by atoms with E-state index in [4.69, 9.17) is 11.1 Å². The molecule has 1 aromatic heterocycles. The van der Waals surface area contributed by atoms with Crippen molar-refractivity contribution in [2.24, 2.45) is 10.7 Å². The SMILES string of the molecule is N=C(N)/N=C1\C=Cc2sc(O)cc21. The lowest BCUT2D eigenvalue weighted by atomic mass is 10.2. The molecule has 1 aromatic rings. The van der Waals surface area contributed by atoms with Crippen LogP contribution in [-0.4, -0.2) is 16.8 Å². The Labute approximate surface area is 78.6 Å². The van der Waals surface area contributed by atoms with E-state index < -0.39 is 0 Å². The highest BCUT2D eigenvalue weighted by atomic mass is 32.1. The van der Waals surface area contributed by atoms with E-state index in [-0.39, 0.29) is 11.0 Å². The molecular formula is C8H7N3OS. The van der Waals surface area contributed by atoms with Crippen molar-refractivity contribution in [3.63, 3.8) is 0 Å². The first kappa shape index (κ1) is 8.00. The third-order valence-corrected chi connectivity index (χ3v) is 2.56. The van der Waals surface area contributed by atoms with E-state index in [1.165, 1.54) is 11.3 Å². The van der Waals surface area contributed by atoms with Crippen molar-refractivity contribution >= 4 is 29.1 Å². The fraction of sp³-hybridized carbons (Fsp3) is 0. The molecular weight excluding hydrogens is 186 g/mol. The highest BCUT2D eigenvalue weighted by molar-refractivity contribution is 7.15. The average molecular weight is 193 g/mol. The quantitative estimate of drug-likeness (QED) is 0.427. The summed E-state index contributed by atoms with van der Waals surface area (Å²) in [5.41, 5.74) is 6.62. The first-order chi connectivity index (χ1) is 6.16. The lowest BCUT2D eigenvalue weighted by molar-refractivity contribution is 0.491. The number of aliphatic imine (C=N–C) groups is 1. The zero-order valence-electron chi connectivity index (χ0n) is 6.61. The molecule has 1 aliphatic rings. The van der Waals surface area contributed by atoms with Crippen LogP contribution in [0.4, 0.5) is 0 Å². The number of allylic oxidation sites excluding steroid dienone is 1. The van der Waals surface area contributed by atoms with Gasteiger partial charge < -0.3 is 10.8 Å². The van der Waals surface area contributed by atoms with E-state index >= 15 is 0 Å². The molecule has 0 saturated carbocycles. The van der Waals surface area contributed by atoms with Gasteiger partial charge in [-0.05, 0) is 12.2 Å². The summed E-state index contributed by atoms with van der Waals surface area (Å²) < 4.78 is 0. The monoisotopic (exact) mass is 193 g/mol. The fourth-order valence-corrected chi connectivity index (χ4v) is 2.00. The summed E-state index contributed by atoms with van der Waals surface area (Å²) in [4.78, 5) is 4.77. The van der Waals surface area contributed by atoms with Crippen LogP contribution in [0.2, 0.25) is 0 Å². The van der Waals surface area contributed by atoms with Gasteiger partial charge in [-0.15, -0.1) is 0 Å². The summed E-state index contributed by atoms with van der Waals surface area (Å²) in [7, 11) is 0. The Kier molecular flexibility index (Phi) is 1.66. The van der Waals surface area contributed by atoms with Gasteiger partial charge in [0, 0.05) is 16.5 Å². The first-order valence-corrected chi connectivity index (χ1v) is 4.42. The standard InChI is InChI=1S/C8H7N3OS/c9-8(10)11-5-1-2-6-4(5)3-7(12)13-6/h1-3,12H,(H3,9,10)/b11-5+. The molecule has 66 valence electrons. The van der Waals surface area contributed by atoms with Crippen LogP contribution in [0, 0.1) is 5.41 Å². The molecule has 0 unspecified atom stereocenters. The van der Waals surface area contributed by atoms with Gasteiger partial charge in [0.2, 0.25) is 5.96 Å². The van der Waals surface area contributed by atoms with Gasteiger partial charge in [0.25, 0.3) is 0 Å². The topological polar surface area (TPSA) is 82.5 Å². The molecule has 4 N–H and O–H groups in total. The number of aromatic hydroxyl groups is 1. The van der Waals surface area contributed by atoms with Gasteiger partial charge in [-0.2, -0.15) is 0 Å². The van der Waals surface area contributed by atoms with Gasteiger partial charge in [0.15, 0.2) is 5.06 Å². The van der Waals surface area contributed by atoms with E-state index in [1.807, 2.05) is 6.08 Å². The van der Waals surface area contributed by atoms with Crippen LogP contribution in [0.3, 0.4) is 0 Å². The number of nitrogens with zero attached hydrogens (tertiary/aromatic N) is 1. The van der Waals surface area contributed by atoms with Crippen LogP contribution >= 0.6 is 11.3 Å². The molecule has 0 saturated heterocycles. The average Bonchev–Trinajstić information content (AvgIpc) is 2.51. The predicted molar refractivity (Wildman–Crippen MR) is 53.5 cm³/mol. The van der Waals surface area contributed by atoms with Crippen LogP contribution < -0.4 is 5.73 Å². The number of hydrogen-bond donors (Lipinski definition) is 3. The second-order valence-corrected chi connectivity index (χ2v) is 3.64. The molecule has 0 spiro atoms. The first-order valence-electron chi connectivity index (χ1n) is 3.61. The molecule has 0 radical (unpaired) electrons. The summed E-state index contributed by atoms with van der Waals surface area (Å²) in [5, 5.41) is 16.5. The third-order valence-electron chi connectivity index (χ3n) is 1.66. The van der Waals surface area contributed by atoms with Crippen LogP contribution in [-0.2, 0) is 0 Å². The third kappa shape index (κ3) is 1.33. The van der Waals surface area contributed by atoms with Gasteiger partial charge in [0.1, 0.15) is 0 Å². The number of rotatable bonds is 0. The molecule has 0 aliphatic heterocycles. The second kappa shape index (κ2) is 2.70. The summed E-state index contributed by atoms with van der Waals surface area (Å²) in [6.45, 7) is 0. The van der Waals surface area contributed by atoms with Crippen LogP contribution in [0.25, 0.3) is 6.08 Å². The minimum atomic E-state index is -0.224. The van der Waals surface area contributed by atoms with E-state index in [0.717, 1.165) is 10.4 Å². The number of thiophene rings is 1. The number of nitrogens with two attached hydrogens (primary N) is 1. The number of hydrogen-bond acceptors (Lipinski definition) is 3. The Morgan fingerprint density at radius 1 is 1.54 bits per heavy atom. The van der Waals surface area contributed by atoms with Gasteiger partial charge in [-0.3, -0.25) is 5.41 Å². The van der Waals surface area contributed by atoms with Crippen molar-refractivity contribution in [3.05, 3.63) is 22.6 Å². The maximum Gasteiger partial charge on any atom is 0.213 e. The molecule has 0 bridgehead atoms. The molecule has 0 atom stereocenters. The Hall–Kier alpha value is -1.62. The number of nitrogens with one attached hydrogen (secondary N) is 1. The fourth-order valence-electron chi connectivity index (χ4n) is 1.19. The summed E-state index contributed by atoms with van der Waals surface area (Å²) in [6, 6.07) is 1.63. The van der Waals surface area contributed by atoms with Crippen molar-refractivity contribution in [2.75, 3.05) is 0 Å². The molecule has 13 heavy (non-hydrogen) atoms. The molecule has 0 aromatic carbocycles. The minimum Gasteiger partial charge on any atom is -0.499 e. The van der Waals surface area contributed by atoms with Gasteiger partial charge in [-0.25, -0.2) is 4.99 Å². The molecule has 5 heteroatoms. The van der Waals surface area contributed by atoms with Crippen LogP contribution in [0.1, 0.15) is 10.4 Å². The minimum absolute atomic E-state index is 0.224. The summed E-state index contributed by atoms with van der Waals surface area (Å²) >= 11 is 1.28. The largest absolute Gasteiger partial charge is 0.499 e. The molecule has 1 aliphatic carbocycles. The van der Waals surface area contributed by atoms with E-state index in [1.54, 1.807) is 12.1 Å². The Balaban J connectivity index is 2.49. The molecule has 0 fully saturated rings. The number of guanidine groups is 1. The number of fused-ring (bicyclic) bond motifs is 1. The van der Waals surface area contributed by atoms with Crippen LogP contribution in [0.15, 0.2) is 17.1 Å². The maximum atomic E-state index is 9.20. The summed E-state index contributed by atoms with van der Waals surface area (Å²) in [6.07, 6.45) is 3.63. The van der Waals surface area contributed by atoms with Crippen LogP contribution in [0.5, 0.6) is 5.06 Å². The molecule has 1 heterocycles. The zero-order chi connectivity index (χ0) is 9.42. The van der Waals surface area contributed by atoms with Gasteiger partial charge >= 0.3 is 0 Å². The van der Waals surface area contributed by atoms with Gasteiger partial charge in [-0.1, -0.05) is 11.3 Å². The molecule has 2 rings (SSSR count). The Bertz CT molecular complexity index is 431. The van der Waals surface area contributed by atoms with Crippen molar-refractivity contribution < 1.29 is 5.11 Å². The lowest BCUT2D eigenvalue weighted by Crippen LogP contribution is -2.08. The molecule has 0 amide bonds. The van der Waals surface area contributed by atoms with E-state index in [0.29, 0.717) is 5.71 Å².